The predicted molar refractivity (Wildman–Crippen MR) is 88.6 cm³/mol. The van der Waals surface area contributed by atoms with Gasteiger partial charge in [-0.2, -0.15) is 0 Å². The quantitative estimate of drug-likeness (QED) is 0.820. The molecule has 0 saturated heterocycles. The van der Waals surface area contributed by atoms with Crippen molar-refractivity contribution in [3.05, 3.63) is 39.2 Å². The molecule has 3 rings (SSSR count). The van der Waals surface area contributed by atoms with Crippen molar-refractivity contribution in [3.63, 3.8) is 0 Å². The topological polar surface area (TPSA) is 56.4 Å². The zero-order valence-electron chi connectivity index (χ0n) is 13.6. The largest absolute Gasteiger partial charge is 0.493 e. The van der Waals surface area contributed by atoms with E-state index in [0.29, 0.717) is 31.9 Å². The third kappa shape index (κ3) is 2.55. The van der Waals surface area contributed by atoms with Gasteiger partial charge in [0, 0.05) is 5.56 Å². The van der Waals surface area contributed by atoms with E-state index < -0.39 is 0 Å². The highest BCUT2D eigenvalue weighted by atomic mass is 16.5. The summed E-state index contributed by atoms with van der Waals surface area (Å²) in [6.45, 7) is 7.57. The lowest BCUT2D eigenvalue weighted by Crippen LogP contribution is -2.23. The van der Waals surface area contributed by atoms with Gasteiger partial charge < -0.3 is 9.84 Å². The van der Waals surface area contributed by atoms with E-state index in [4.69, 9.17) is 4.74 Å². The van der Waals surface area contributed by atoms with Gasteiger partial charge in [0.25, 0.3) is 5.56 Å². The highest BCUT2D eigenvalue weighted by molar-refractivity contribution is 5.75. The molecule has 0 atom stereocenters. The first-order valence-corrected chi connectivity index (χ1v) is 7.69. The summed E-state index contributed by atoms with van der Waals surface area (Å²) < 4.78 is 8.55. The van der Waals surface area contributed by atoms with E-state index in [-0.39, 0.29) is 11.4 Å². The first kappa shape index (κ1) is 15.4. The van der Waals surface area contributed by atoms with Crippen molar-refractivity contribution >= 4 is 0 Å². The summed E-state index contributed by atoms with van der Waals surface area (Å²) in [6.07, 6.45) is 0. The second kappa shape index (κ2) is 5.98. The Morgan fingerprint density at radius 1 is 1.09 bits per heavy atom. The van der Waals surface area contributed by atoms with Gasteiger partial charge >= 0.3 is 0 Å². The molecular weight excluding hydrogens is 292 g/mol. The standard InChI is InChI=1S/C18H20N2O3/c1-4-5-14-10-12(2)15(13(3)11-14)16-17(21)19-6-8-23-9-7-20(19)18(16)22/h10-11,21H,6-9H2,1-3H3. The number of aromatic nitrogens is 2. The summed E-state index contributed by atoms with van der Waals surface area (Å²) in [7, 11) is 0. The Bertz CT molecular complexity index is 855. The molecule has 0 aliphatic carbocycles. The number of rotatable bonds is 1. The second-order valence-corrected chi connectivity index (χ2v) is 5.72. The number of hydrogen-bond donors (Lipinski definition) is 1. The number of fused-ring (bicyclic) bond motifs is 1. The molecule has 1 aromatic carbocycles. The average Bonchev–Trinajstić information content (AvgIpc) is 2.70. The number of hydrogen-bond acceptors (Lipinski definition) is 3. The Morgan fingerprint density at radius 3 is 2.30 bits per heavy atom. The molecule has 0 amide bonds. The van der Waals surface area contributed by atoms with Gasteiger partial charge in [-0.25, -0.2) is 9.36 Å². The maximum atomic E-state index is 12.8. The third-order valence-electron chi connectivity index (χ3n) is 4.15. The molecule has 0 spiro atoms. The molecule has 0 saturated carbocycles. The Labute approximate surface area is 135 Å². The molecule has 120 valence electrons. The first-order valence-electron chi connectivity index (χ1n) is 7.69. The Kier molecular flexibility index (Phi) is 4.01. The maximum absolute atomic E-state index is 12.8. The molecular formula is C18H20N2O3. The maximum Gasteiger partial charge on any atom is 0.278 e. The second-order valence-electron chi connectivity index (χ2n) is 5.72. The van der Waals surface area contributed by atoms with E-state index >= 15 is 0 Å². The fourth-order valence-electron chi connectivity index (χ4n) is 3.22. The molecule has 2 heterocycles. The van der Waals surface area contributed by atoms with E-state index in [9.17, 15) is 9.90 Å². The van der Waals surface area contributed by atoms with Crippen molar-refractivity contribution in [2.75, 3.05) is 13.2 Å². The number of ether oxygens (including phenoxy) is 1. The van der Waals surface area contributed by atoms with Gasteiger partial charge in [0.05, 0.1) is 26.3 Å². The molecule has 23 heavy (non-hydrogen) atoms. The predicted octanol–water partition coefficient (Wildman–Crippen LogP) is 2.04. The molecule has 5 heteroatoms. The van der Waals surface area contributed by atoms with Crippen LogP contribution in [-0.2, 0) is 17.8 Å². The van der Waals surface area contributed by atoms with Crippen LogP contribution in [0.4, 0.5) is 0 Å². The lowest BCUT2D eigenvalue weighted by molar-refractivity contribution is 0.137. The monoisotopic (exact) mass is 312 g/mol. The van der Waals surface area contributed by atoms with E-state index in [1.54, 1.807) is 16.3 Å². The van der Waals surface area contributed by atoms with Crippen molar-refractivity contribution in [2.45, 2.75) is 33.9 Å². The molecule has 0 unspecified atom stereocenters. The van der Waals surface area contributed by atoms with Crippen LogP contribution in [0.15, 0.2) is 16.9 Å². The zero-order chi connectivity index (χ0) is 16.6. The highest BCUT2D eigenvalue weighted by Crippen LogP contribution is 2.33. The van der Waals surface area contributed by atoms with Crippen LogP contribution in [-0.4, -0.2) is 27.7 Å². The average molecular weight is 312 g/mol. The van der Waals surface area contributed by atoms with Gasteiger partial charge in [-0.15, -0.1) is 5.92 Å². The van der Waals surface area contributed by atoms with Crippen molar-refractivity contribution in [3.8, 4) is 28.8 Å². The molecule has 1 aliphatic heterocycles. The minimum Gasteiger partial charge on any atom is -0.493 e. The van der Waals surface area contributed by atoms with Crippen molar-refractivity contribution in [2.24, 2.45) is 0 Å². The first-order chi connectivity index (χ1) is 11.0. The van der Waals surface area contributed by atoms with Crippen molar-refractivity contribution < 1.29 is 9.84 Å². The van der Waals surface area contributed by atoms with Gasteiger partial charge in [-0.1, -0.05) is 5.92 Å². The van der Waals surface area contributed by atoms with Crippen molar-refractivity contribution in [1.29, 1.82) is 0 Å². The fourth-order valence-corrected chi connectivity index (χ4v) is 3.22. The molecule has 0 bridgehead atoms. The minimum absolute atomic E-state index is 0.0148. The van der Waals surface area contributed by atoms with E-state index in [1.165, 1.54) is 0 Å². The molecule has 5 nitrogen and oxygen atoms in total. The SMILES string of the molecule is CC#Cc1cc(C)c(-c2c(O)n3n(c2=O)CCOCC3)c(C)c1. The van der Waals surface area contributed by atoms with Gasteiger partial charge in [0.15, 0.2) is 0 Å². The van der Waals surface area contributed by atoms with Crippen LogP contribution in [0.25, 0.3) is 11.1 Å². The third-order valence-corrected chi connectivity index (χ3v) is 4.15. The van der Waals surface area contributed by atoms with Gasteiger partial charge in [0.1, 0.15) is 5.56 Å². The summed E-state index contributed by atoms with van der Waals surface area (Å²) in [6, 6.07) is 3.91. The zero-order valence-corrected chi connectivity index (χ0v) is 13.6. The lowest BCUT2D eigenvalue weighted by atomic mass is 9.95. The summed E-state index contributed by atoms with van der Waals surface area (Å²) in [5.74, 6) is 5.94. The molecule has 0 fully saturated rings. The fraction of sp³-hybridized carbons (Fsp3) is 0.389. The van der Waals surface area contributed by atoms with E-state index in [2.05, 4.69) is 11.8 Å². The number of aromatic hydroxyl groups is 1. The van der Waals surface area contributed by atoms with Gasteiger partial charge in [0.2, 0.25) is 5.88 Å². The molecule has 1 N–H and O–H groups in total. The highest BCUT2D eigenvalue weighted by Gasteiger charge is 2.24. The van der Waals surface area contributed by atoms with Crippen LogP contribution in [0.3, 0.4) is 0 Å². The molecule has 1 aromatic heterocycles. The summed E-state index contributed by atoms with van der Waals surface area (Å²) in [5.41, 5.74) is 3.79. The lowest BCUT2D eigenvalue weighted by Gasteiger charge is -2.10. The minimum atomic E-state index is -0.173. The van der Waals surface area contributed by atoms with Gasteiger partial charge in [-0.3, -0.25) is 4.79 Å². The smallest absolute Gasteiger partial charge is 0.278 e. The number of benzene rings is 1. The molecule has 1 aliphatic rings. The number of nitrogens with zero attached hydrogens (tertiary/aromatic N) is 2. The summed E-state index contributed by atoms with van der Waals surface area (Å²) in [5, 5.41) is 10.6. The van der Waals surface area contributed by atoms with E-state index in [0.717, 1.165) is 22.3 Å². The van der Waals surface area contributed by atoms with Crippen LogP contribution in [0.2, 0.25) is 0 Å². The summed E-state index contributed by atoms with van der Waals surface area (Å²) >= 11 is 0. The van der Waals surface area contributed by atoms with Crippen LogP contribution in [0.1, 0.15) is 23.6 Å². The summed E-state index contributed by atoms with van der Waals surface area (Å²) in [4.78, 5) is 12.8. The number of aryl methyl sites for hydroxylation is 2. The van der Waals surface area contributed by atoms with Crippen LogP contribution in [0.5, 0.6) is 5.88 Å². The van der Waals surface area contributed by atoms with Crippen LogP contribution in [0, 0.1) is 25.7 Å². The van der Waals surface area contributed by atoms with Crippen LogP contribution < -0.4 is 5.56 Å². The molecule has 2 aromatic rings. The van der Waals surface area contributed by atoms with Crippen LogP contribution >= 0.6 is 0 Å². The Morgan fingerprint density at radius 2 is 1.70 bits per heavy atom. The molecule has 0 radical (unpaired) electrons. The van der Waals surface area contributed by atoms with E-state index in [1.807, 2.05) is 26.0 Å². The van der Waals surface area contributed by atoms with Crippen molar-refractivity contribution in [1.82, 2.24) is 9.36 Å². The van der Waals surface area contributed by atoms with Gasteiger partial charge in [-0.05, 0) is 49.6 Å². The Hall–Kier alpha value is -2.45. The normalized spacial score (nSPS) is 13.9. The Balaban J connectivity index is 2.24.